The highest BCUT2D eigenvalue weighted by atomic mass is 35.5. The van der Waals surface area contributed by atoms with Crippen LogP contribution in [0.4, 0.5) is 5.69 Å². The van der Waals surface area contributed by atoms with E-state index in [1.807, 2.05) is 0 Å². The van der Waals surface area contributed by atoms with Crippen LogP contribution in [-0.2, 0) is 4.79 Å². The van der Waals surface area contributed by atoms with Gasteiger partial charge in [0, 0.05) is 11.4 Å². The molecule has 1 saturated carbocycles. The first kappa shape index (κ1) is 12.9. The van der Waals surface area contributed by atoms with Crippen LogP contribution in [0.3, 0.4) is 0 Å². The lowest BCUT2D eigenvalue weighted by Gasteiger charge is -2.24. The fraction of sp³-hybridized carbons (Fsp3) is 0.385. The maximum atomic E-state index is 11.8. The molecule has 1 aromatic carbocycles. The summed E-state index contributed by atoms with van der Waals surface area (Å²) in [6, 6.07) is 4.35. The zero-order chi connectivity index (χ0) is 13.1. The highest BCUT2D eigenvalue weighted by molar-refractivity contribution is 6.31. The van der Waals surface area contributed by atoms with E-state index in [1.54, 1.807) is 0 Å². The summed E-state index contributed by atoms with van der Waals surface area (Å²) in [5, 5.41) is 12.0. The molecule has 0 saturated heterocycles. The van der Waals surface area contributed by atoms with Crippen LogP contribution in [0, 0.1) is 5.92 Å². The molecule has 0 atom stereocenters. The zero-order valence-electron chi connectivity index (χ0n) is 9.78. The van der Waals surface area contributed by atoms with Crippen LogP contribution in [-0.4, -0.2) is 17.0 Å². The minimum absolute atomic E-state index is 0.0568. The van der Waals surface area contributed by atoms with E-state index in [0.717, 1.165) is 12.8 Å². The number of halogens is 1. The highest BCUT2D eigenvalue weighted by Gasteiger charge is 2.21. The van der Waals surface area contributed by atoms with Gasteiger partial charge in [-0.1, -0.05) is 18.0 Å². The molecule has 18 heavy (non-hydrogen) atoms. The van der Waals surface area contributed by atoms with Crippen LogP contribution in [0.1, 0.15) is 36.0 Å². The van der Waals surface area contributed by atoms with E-state index < -0.39 is 5.97 Å². The van der Waals surface area contributed by atoms with E-state index in [-0.39, 0.29) is 17.2 Å². The van der Waals surface area contributed by atoms with Crippen LogP contribution in [0.25, 0.3) is 0 Å². The Balaban J connectivity index is 2.08. The molecular formula is C13H14ClNO3. The number of carboxylic acids is 1. The second-order valence-corrected chi connectivity index (χ2v) is 4.98. The van der Waals surface area contributed by atoms with Gasteiger partial charge in [0.1, 0.15) is 0 Å². The van der Waals surface area contributed by atoms with Crippen molar-refractivity contribution in [3.63, 3.8) is 0 Å². The second-order valence-electron chi connectivity index (χ2n) is 4.54. The quantitative estimate of drug-likeness (QED) is 0.880. The number of nitrogens with one attached hydrogen (secondary N) is 1. The largest absolute Gasteiger partial charge is 0.478 e. The molecule has 2 N–H and O–H groups in total. The normalized spacial score (nSPS) is 14.9. The van der Waals surface area contributed by atoms with Crippen molar-refractivity contribution in [3.05, 3.63) is 28.8 Å². The number of carboxylic acid groups (broad SMARTS) is 1. The maximum absolute atomic E-state index is 11.8. The Morgan fingerprint density at radius 2 is 2.11 bits per heavy atom. The topological polar surface area (TPSA) is 66.4 Å². The van der Waals surface area contributed by atoms with Gasteiger partial charge in [0.05, 0.1) is 11.3 Å². The molecule has 5 heteroatoms. The molecule has 1 amide bonds. The van der Waals surface area contributed by atoms with Gasteiger partial charge in [-0.15, -0.1) is 0 Å². The minimum Gasteiger partial charge on any atom is -0.478 e. The average Bonchev–Trinajstić information content (AvgIpc) is 2.23. The molecule has 0 heterocycles. The third-order valence-electron chi connectivity index (χ3n) is 3.18. The molecule has 0 aromatic heterocycles. The van der Waals surface area contributed by atoms with E-state index in [0.29, 0.717) is 17.4 Å². The second kappa shape index (κ2) is 5.40. The third kappa shape index (κ3) is 3.01. The summed E-state index contributed by atoms with van der Waals surface area (Å²) in [4.78, 5) is 22.8. The number of rotatable bonds is 4. The molecule has 1 fully saturated rings. The Bertz CT molecular complexity index is 483. The summed E-state index contributed by atoms with van der Waals surface area (Å²) in [6.07, 6.45) is 3.78. The molecule has 1 aliphatic rings. The van der Waals surface area contributed by atoms with Crippen LogP contribution < -0.4 is 5.32 Å². The number of anilines is 1. The van der Waals surface area contributed by atoms with Crippen LogP contribution in [0.5, 0.6) is 0 Å². The van der Waals surface area contributed by atoms with Crippen molar-refractivity contribution in [1.29, 1.82) is 0 Å². The predicted molar refractivity (Wildman–Crippen MR) is 69.0 cm³/mol. The number of aromatic carboxylic acids is 1. The molecule has 4 nitrogen and oxygen atoms in total. The Kier molecular flexibility index (Phi) is 3.87. The van der Waals surface area contributed by atoms with Gasteiger partial charge in [-0.3, -0.25) is 4.79 Å². The summed E-state index contributed by atoms with van der Waals surface area (Å²) >= 11 is 5.80. The molecule has 1 aromatic rings. The lowest BCUT2D eigenvalue weighted by Crippen LogP contribution is -2.21. The first-order chi connectivity index (χ1) is 8.56. The van der Waals surface area contributed by atoms with E-state index in [1.165, 1.54) is 24.6 Å². The van der Waals surface area contributed by atoms with E-state index in [9.17, 15) is 9.59 Å². The Hall–Kier alpha value is -1.55. The molecule has 0 aliphatic heterocycles. The number of carbonyl (C=O) groups excluding carboxylic acids is 1. The zero-order valence-corrected chi connectivity index (χ0v) is 10.5. The third-order valence-corrected chi connectivity index (χ3v) is 3.42. The van der Waals surface area contributed by atoms with Crippen molar-refractivity contribution in [1.82, 2.24) is 0 Å². The SMILES string of the molecule is O=C(CC1CCC1)Nc1cc(Cl)ccc1C(=O)O. The minimum atomic E-state index is -1.08. The Labute approximate surface area is 110 Å². The fourth-order valence-electron chi connectivity index (χ4n) is 1.97. The van der Waals surface area contributed by atoms with Crippen LogP contribution in [0.15, 0.2) is 18.2 Å². The van der Waals surface area contributed by atoms with Crippen molar-refractivity contribution in [2.24, 2.45) is 5.92 Å². The van der Waals surface area contributed by atoms with Crippen molar-refractivity contribution >= 4 is 29.2 Å². The summed E-state index contributed by atoms with van der Waals surface area (Å²) in [5.74, 6) is -0.785. The van der Waals surface area contributed by atoms with E-state index in [4.69, 9.17) is 16.7 Å². The monoisotopic (exact) mass is 267 g/mol. The molecular weight excluding hydrogens is 254 g/mol. The van der Waals surface area contributed by atoms with Gasteiger partial charge in [0.25, 0.3) is 0 Å². The Morgan fingerprint density at radius 3 is 2.67 bits per heavy atom. The molecule has 0 radical (unpaired) electrons. The number of hydrogen-bond acceptors (Lipinski definition) is 2. The Morgan fingerprint density at radius 1 is 1.39 bits per heavy atom. The number of benzene rings is 1. The van der Waals surface area contributed by atoms with Gasteiger partial charge in [0.15, 0.2) is 0 Å². The summed E-state index contributed by atoms with van der Waals surface area (Å²) in [6.45, 7) is 0. The first-order valence-electron chi connectivity index (χ1n) is 5.89. The van der Waals surface area contributed by atoms with Gasteiger partial charge >= 0.3 is 5.97 Å². The highest BCUT2D eigenvalue weighted by Crippen LogP contribution is 2.30. The van der Waals surface area contributed by atoms with Crippen molar-refractivity contribution < 1.29 is 14.7 Å². The fourth-order valence-corrected chi connectivity index (χ4v) is 2.14. The molecule has 0 unspecified atom stereocenters. The molecule has 0 bridgehead atoms. The lowest BCUT2D eigenvalue weighted by molar-refractivity contribution is -0.117. The van der Waals surface area contributed by atoms with Gasteiger partial charge in [-0.05, 0) is 37.0 Å². The van der Waals surface area contributed by atoms with Crippen LogP contribution >= 0.6 is 11.6 Å². The molecule has 1 aliphatic carbocycles. The molecule has 96 valence electrons. The number of hydrogen-bond donors (Lipinski definition) is 2. The van der Waals surface area contributed by atoms with Gasteiger partial charge < -0.3 is 10.4 Å². The van der Waals surface area contributed by atoms with Gasteiger partial charge in [0.2, 0.25) is 5.91 Å². The summed E-state index contributed by atoms with van der Waals surface area (Å²) in [5.41, 5.74) is 0.320. The number of amides is 1. The van der Waals surface area contributed by atoms with E-state index in [2.05, 4.69) is 5.32 Å². The first-order valence-corrected chi connectivity index (χ1v) is 6.27. The maximum Gasteiger partial charge on any atom is 0.337 e. The standard InChI is InChI=1S/C13H14ClNO3/c14-9-4-5-10(13(17)18)11(7-9)15-12(16)6-8-2-1-3-8/h4-5,7-8H,1-3,6H2,(H,15,16)(H,17,18). The van der Waals surface area contributed by atoms with Crippen molar-refractivity contribution in [2.45, 2.75) is 25.7 Å². The van der Waals surface area contributed by atoms with Crippen molar-refractivity contribution in [3.8, 4) is 0 Å². The average molecular weight is 268 g/mol. The number of carbonyl (C=O) groups is 2. The summed E-state index contributed by atoms with van der Waals surface area (Å²) in [7, 11) is 0. The summed E-state index contributed by atoms with van der Waals surface area (Å²) < 4.78 is 0. The van der Waals surface area contributed by atoms with Gasteiger partial charge in [-0.25, -0.2) is 4.79 Å². The lowest BCUT2D eigenvalue weighted by atomic mass is 9.83. The van der Waals surface area contributed by atoms with Crippen molar-refractivity contribution in [2.75, 3.05) is 5.32 Å². The predicted octanol–water partition coefficient (Wildman–Crippen LogP) is 3.17. The smallest absolute Gasteiger partial charge is 0.337 e. The van der Waals surface area contributed by atoms with Gasteiger partial charge in [-0.2, -0.15) is 0 Å². The van der Waals surface area contributed by atoms with Crippen LogP contribution in [0.2, 0.25) is 5.02 Å². The van der Waals surface area contributed by atoms with E-state index >= 15 is 0 Å². The molecule has 0 spiro atoms. The molecule has 2 rings (SSSR count).